The second-order valence-corrected chi connectivity index (χ2v) is 5.36. The lowest BCUT2D eigenvalue weighted by molar-refractivity contribution is 0.287. The van der Waals surface area contributed by atoms with Crippen LogP contribution in [0, 0.1) is 0 Å². The molecule has 3 rings (SSSR count). The van der Waals surface area contributed by atoms with E-state index < -0.39 is 0 Å². The van der Waals surface area contributed by atoms with Gasteiger partial charge in [-0.15, -0.1) is 0 Å². The van der Waals surface area contributed by atoms with Crippen LogP contribution in [-0.4, -0.2) is 22.5 Å². The molecule has 0 saturated heterocycles. The second kappa shape index (κ2) is 9.87. The molecule has 0 amide bonds. The molecular formula is C19H21NO2S. The molecule has 23 heavy (non-hydrogen) atoms. The van der Waals surface area contributed by atoms with Crippen molar-refractivity contribution in [2.45, 2.75) is 12.8 Å². The van der Waals surface area contributed by atoms with Gasteiger partial charge < -0.3 is 9.52 Å². The van der Waals surface area contributed by atoms with Crippen molar-refractivity contribution in [1.29, 1.82) is 0 Å². The first-order chi connectivity index (χ1) is 11.4. The van der Waals surface area contributed by atoms with Crippen molar-refractivity contribution in [3.63, 3.8) is 0 Å². The third-order valence-electron chi connectivity index (χ3n) is 3.22. The molecule has 1 aromatic heterocycles. The number of aliphatic hydroxyl groups is 1. The number of nitrogens with zero attached hydrogens (tertiary/aromatic N) is 1. The first kappa shape index (κ1) is 17.3. The average Bonchev–Trinajstić information content (AvgIpc) is 3.12. The molecule has 0 unspecified atom stereocenters. The second-order valence-electron chi connectivity index (χ2n) is 4.92. The Morgan fingerprint density at radius 2 is 1.48 bits per heavy atom. The monoisotopic (exact) mass is 327 g/mol. The number of rotatable bonds is 5. The van der Waals surface area contributed by atoms with Gasteiger partial charge in [-0.2, -0.15) is 12.6 Å². The molecule has 0 spiro atoms. The number of aliphatic hydroxyl groups excluding tert-OH is 1. The number of hydrogen-bond donors (Lipinski definition) is 2. The van der Waals surface area contributed by atoms with E-state index in [1.807, 2.05) is 60.7 Å². The number of oxazole rings is 1. The van der Waals surface area contributed by atoms with Crippen molar-refractivity contribution >= 4 is 12.6 Å². The van der Waals surface area contributed by atoms with Gasteiger partial charge in [0.15, 0.2) is 12.2 Å². The average molecular weight is 327 g/mol. The Kier molecular flexibility index (Phi) is 7.43. The third-order valence-corrected chi connectivity index (χ3v) is 3.53. The van der Waals surface area contributed by atoms with Gasteiger partial charge in [0.2, 0.25) is 0 Å². The zero-order valence-corrected chi connectivity index (χ0v) is 13.8. The fourth-order valence-corrected chi connectivity index (χ4v) is 2.29. The Morgan fingerprint density at radius 1 is 0.870 bits per heavy atom. The molecule has 0 aliphatic carbocycles. The fraction of sp³-hybridized carbons (Fsp3) is 0.211. The highest BCUT2D eigenvalue weighted by Crippen LogP contribution is 2.30. The maximum Gasteiger partial charge on any atom is 0.182 e. The Labute approximate surface area is 142 Å². The summed E-state index contributed by atoms with van der Waals surface area (Å²) in [6.07, 6.45) is 3.41. The van der Waals surface area contributed by atoms with E-state index in [1.165, 1.54) is 6.39 Å². The largest absolute Gasteiger partial charge is 0.443 e. The first-order valence-corrected chi connectivity index (χ1v) is 8.26. The predicted molar refractivity (Wildman–Crippen MR) is 97.5 cm³/mol. The Balaban J connectivity index is 0.000000277. The van der Waals surface area contributed by atoms with Crippen molar-refractivity contribution in [3.05, 3.63) is 67.1 Å². The van der Waals surface area contributed by atoms with Gasteiger partial charge in [0.1, 0.15) is 5.69 Å². The van der Waals surface area contributed by atoms with Crippen LogP contribution < -0.4 is 0 Å². The molecule has 0 radical (unpaired) electrons. The summed E-state index contributed by atoms with van der Waals surface area (Å²) in [7, 11) is 0. The topological polar surface area (TPSA) is 46.3 Å². The molecular weight excluding hydrogens is 306 g/mol. The SMILES string of the molecule is OCCCCS.c1ccc(-c2ncoc2-c2ccccc2)cc1. The number of aromatic nitrogens is 1. The fourth-order valence-electron chi connectivity index (χ4n) is 2.07. The summed E-state index contributed by atoms with van der Waals surface area (Å²) >= 11 is 3.94. The Morgan fingerprint density at radius 3 is 2.00 bits per heavy atom. The molecule has 0 atom stereocenters. The lowest BCUT2D eigenvalue weighted by atomic mass is 10.1. The zero-order chi connectivity index (χ0) is 16.3. The van der Waals surface area contributed by atoms with Gasteiger partial charge in [0, 0.05) is 17.7 Å². The summed E-state index contributed by atoms with van der Waals surface area (Å²) in [5, 5.41) is 8.16. The van der Waals surface area contributed by atoms with Crippen LogP contribution in [0.3, 0.4) is 0 Å². The number of thiol groups is 1. The molecule has 1 heterocycles. The standard InChI is InChI=1S/C15H11NO.C4H10OS/c1-3-7-12(8-4-1)14-15(17-11-16-14)13-9-5-2-6-10-13;5-3-1-2-4-6/h1-11H;5-6H,1-4H2. The van der Waals surface area contributed by atoms with Crippen LogP contribution in [0.25, 0.3) is 22.6 Å². The Bertz CT molecular complexity index is 610. The summed E-state index contributed by atoms with van der Waals surface area (Å²) in [6.45, 7) is 0.306. The minimum Gasteiger partial charge on any atom is -0.443 e. The summed E-state index contributed by atoms with van der Waals surface area (Å²) < 4.78 is 5.49. The molecule has 3 nitrogen and oxygen atoms in total. The summed E-state index contributed by atoms with van der Waals surface area (Å²) in [5.41, 5.74) is 3.00. The molecule has 2 aromatic carbocycles. The summed E-state index contributed by atoms with van der Waals surface area (Å²) in [5.74, 6) is 1.71. The van der Waals surface area contributed by atoms with E-state index in [-0.39, 0.29) is 0 Å². The smallest absolute Gasteiger partial charge is 0.182 e. The lowest BCUT2D eigenvalue weighted by Gasteiger charge is -2.00. The van der Waals surface area contributed by atoms with E-state index in [9.17, 15) is 0 Å². The van der Waals surface area contributed by atoms with Gasteiger partial charge in [0.25, 0.3) is 0 Å². The van der Waals surface area contributed by atoms with Crippen LogP contribution in [0.4, 0.5) is 0 Å². The molecule has 4 heteroatoms. The Hall–Kier alpha value is -2.04. The highest BCUT2D eigenvalue weighted by Gasteiger charge is 2.11. The van der Waals surface area contributed by atoms with E-state index in [0.29, 0.717) is 6.61 Å². The molecule has 0 saturated carbocycles. The number of unbranched alkanes of at least 4 members (excludes halogenated alkanes) is 1. The predicted octanol–water partition coefficient (Wildman–Crippen LogP) is 4.70. The van der Waals surface area contributed by atoms with Gasteiger partial charge in [-0.05, 0) is 18.6 Å². The molecule has 3 aromatic rings. The quantitative estimate of drug-likeness (QED) is 0.527. The molecule has 0 bridgehead atoms. The van der Waals surface area contributed by atoms with Crippen LogP contribution in [0.1, 0.15) is 12.8 Å². The number of benzene rings is 2. The minimum atomic E-state index is 0.306. The zero-order valence-electron chi connectivity index (χ0n) is 12.9. The van der Waals surface area contributed by atoms with Crippen molar-refractivity contribution < 1.29 is 9.52 Å². The summed E-state index contributed by atoms with van der Waals surface area (Å²) in [4.78, 5) is 4.30. The van der Waals surface area contributed by atoms with Gasteiger partial charge in [0.05, 0.1) is 0 Å². The van der Waals surface area contributed by atoms with E-state index in [0.717, 1.165) is 41.2 Å². The number of hydrogen-bond acceptors (Lipinski definition) is 4. The van der Waals surface area contributed by atoms with Gasteiger partial charge >= 0.3 is 0 Å². The highest BCUT2D eigenvalue weighted by molar-refractivity contribution is 7.80. The normalized spacial score (nSPS) is 10.0. The molecule has 0 aliphatic rings. The van der Waals surface area contributed by atoms with Crippen LogP contribution in [0.5, 0.6) is 0 Å². The maximum atomic E-state index is 8.16. The van der Waals surface area contributed by atoms with E-state index in [1.54, 1.807) is 0 Å². The third kappa shape index (κ3) is 5.27. The first-order valence-electron chi connectivity index (χ1n) is 7.63. The van der Waals surface area contributed by atoms with Crippen LogP contribution >= 0.6 is 12.6 Å². The molecule has 120 valence electrons. The molecule has 0 aliphatic heterocycles. The van der Waals surface area contributed by atoms with Crippen LogP contribution in [0.15, 0.2) is 71.5 Å². The lowest BCUT2D eigenvalue weighted by Crippen LogP contribution is -1.81. The summed E-state index contributed by atoms with van der Waals surface area (Å²) in [6, 6.07) is 20.1. The van der Waals surface area contributed by atoms with Gasteiger partial charge in [-0.25, -0.2) is 4.98 Å². The van der Waals surface area contributed by atoms with Crippen LogP contribution in [0.2, 0.25) is 0 Å². The van der Waals surface area contributed by atoms with E-state index >= 15 is 0 Å². The minimum absolute atomic E-state index is 0.306. The molecule has 0 fully saturated rings. The van der Waals surface area contributed by atoms with Crippen molar-refractivity contribution in [2.75, 3.05) is 12.4 Å². The van der Waals surface area contributed by atoms with Crippen molar-refractivity contribution in [3.8, 4) is 22.6 Å². The van der Waals surface area contributed by atoms with Crippen molar-refractivity contribution in [2.24, 2.45) is 0 Å². The van der Waals surface area contributed by atoms with E-state index in [2.05, 4.69) is 17.6 Å². The van der Waals surface area contributed by atoms with Crippen molar-refractivity contribution in [1.82, 2.24) is 4.98 Å². The van der Waals surface area contributed by atoms with Gasteiger partial charge in [-0.1, -0.05) is 60.7 Å². The highest BCUT2D eigenvalue weighted by atomic mass is 32.1. The van der Waals surface area contributed by atoms with Gasteiger partial charge in [-0.3, -0.25) is 0 Å². The van der Waals surface area contributed by atoms with Crippen LogP contribution in [-0.2, 0) is 0 Å². The van der Waals surface area contributed by atoms with E-state index in [4.69, 9.17) is 9.52 Å². The molecule has 1 N–H and O–H groups in total. The maximum absolute atomic E-state index is 8.16.